The third kappa shape index (κ3) is 3.25. The van der Waals surface area contributed by atoms with Crippen LogP contribution < -0.4 is 4.72 Å². The SMILES string of the molecule is Cc1cc(S(=O)(=O)NCC2CC2(Cl)Cl)ccc1C(=O)O. The lowest BCUT2D eigenvalue weighted by Crippen LogP contribution is -2.27. The topological polar surface area (TPSA) is 83.5 Å². The predicted octanol–water partition coefficient (Wildman–Crippen LogP) is 2.17. The molecule has 1 aliphatic rings. The maximum absolute atomic E-state index is 12.1. The van der Waals surface area contributed by atoms with Gasteiger partial charge in [-0.2, -0.15) is 0 Å². The van der Waals surface area contributed by atoms with Crippen molar-refractivity contribution >= 4 is 39.2 Å². The van der Waals surface area contributed by atoms with E-state index in [0.29, 0.717) is 12.0 Å². The van der Waals surface area contributed by atoms with Crippen LogP contribution in [0.15, 0.2) is 23.1 Å². The summed E-state index contributed by atoms with van der Waals surface area (Å²) >= 11 is 11.7. The molecule has 0 saturated heterocycles. The molecule has 0 amide bonds. The van der Waals surface area contributed by atoms with Crippen LogP contribution in [0.1, 0.15) is 22.3 Å². The number of carboxylic acids is 1. The van der Waals surface area contributed by atoms with E-state index in [1.807, 2.05) is 0 Å². The second kappa shape index (κ2) is 5.18. The first kappa shape index (κ1) is 15.6. The van der Waals surface area contributed by atoms with Crippen LogP contribution in [0.25, 0.3) is 0 Å². The van der Waals surface area contributed by atoms with Gasteiger partial charge in [-0.05, 0) is 37.1 Å². The largest absolute Gasteiger partial charge is 0.478 e. The fourth-order valence-electron chi connectivity index (χ4n) is 1.83. The van der Waals surface area contributed by atoms with Gasteiger partial charge < -0.3 is 5.11 Å². The molecule has 1 atom stereocenters. The number of halogens is 2. The number of benzene rings is 1. The molecule has 2 N–H and O–H groups in total. The van der Waals surface area contributed by atoms with Crippen molar-refractivity contribution in [3.05, 3.63) is 29.3 Å². The van der Waals surface area contributed by atoms with Crippen molar-refractivity contribution in [3.63, 3.8) is 0 Å². The highest BCUT2D eigenvalue weighted by Crippen LogP contribution is 2.52. The first-order chi connectivity index (χ1) is 9.13. The summed E-state index contributed by atoms with van der Waals surface area (Å²) in [4.78, 5) is 10.9. The Kier molecular flexibility index (Phi) is 4.03. The van der Waals surface area contributed by atoms with Gasteiger partial charge in [-0.1, -0.05) is 0 Å². The van der Waals surface area contributed by atoms with Crippen molar-refractivity contribution < 1.29 is 18.3 Å². The third-order valence-corrected chi connectivity index (χ3v) is 5.56. The molecular weight excluding hydrogens is 325 g/mol. The Morgan fingerprint density at radius 1 is 1.50 bits per heavy atom. The Hall–Kier alpha value is -0.820. The van der Waals surface area contributed by atoms with Crippen LogP contribution in [0.2, 0.25) is 0 Å². The molecule has 5 nitrogen and oxygen atoms in total. The number of carboxylic acid groups (broad SMARTS) is 1. The van der Waals surface area contributed by atoms with Crippen LogP contribution in [0.4, 0.5) is 0 Å². The minimum absolute atomic E-state index is 0.0235. The molecule has 0 aromatic heterocycles. The van der Waals surface area contributed by atoms with E-state index < -0.39 is 20.3 Å². The molecule has 1 aromatic carbocycles. The van der Waals surface area contributed by atoms with Crippen molar-refractivity contribution in [2.45, 2.75) is 22.6 Å². The quantitative estimate of drug-likeness (QED) is 0.806. The minimum atomic E-state index is -3.69. The van der Waals surface area contributed by atoms with Crippen LogP contribution in [0.3, 0.4) is 0 Å². The molecule has 0 bridgehead atoms. The Balaban J connectivity index is 2.13. The molecule has 1 saturated carbocycles. The molecule has 0 aliphatic heterocycles. The van der Waals surface area contributed by atoms with Crippen molar-refractivity contribution in [2.75, 3.05) is 6.54 Å². The van der Waals surface area contributed by atoms with Gasteiger partial charge in [0.2, 0.25) is 10.0 Å². The van der Waals surface area contributed by atoms with E-state index in [4.69, 9.17) is 28.3 Å². The number of sulfonamides is 1. The predicted molar refractivity (Wildman–Crippen MR) is 75.9 cm³/mol. The Morgan fingerprint density at radius 3 is 2.55 bits per heavy atom. The number of aromatic carboxylic acids is 1. The van der Waals surface area contributed by atoms with E-state index >= 15 is 0 Å². The van der Waals surface area contributed by atoms with Gasteiger partial charge in [-0.3, -0.25) is 0 Å². The summed E-state index contributed by atoms with van der Waals surface area (Å²) in [5, 5.41) is 8.91. The number of rotatable bonds is 5. The first-order valence-electron chi connectivity index (χ1n) is 5.85. The number of nitrogens with one attached hydrogen (secondary N) is 1. The Labute approximate surface area is 126 Å². The molecule has 0 heterocycles. The highest BCUT2D eigenvalue weighted by atomic mass is 35.5. The van der Waals surface area contributed by atoms with Crippen molar-refractivity contribution in [1.29, 1.82) is 0 Å². The summed E-state index contributed by atoms with van der Waals surface area (Å²) in [5.74, 6) is -1.19. The summed E-state index contributed by atoms with van der Waals surface area (Å²) in [6.07, 6.45) is 0.551. The Bertz CT molecular complexity index is 657. The highest BCUT2D eigenvalue weighted by Gasteiger charge is 2.51. The maximum Gasteiger partial charge on any atom is 0.335 e. The van der Waals surface area contributed by atoms with Crippen LogP contribution in [0.5, 0.6) is 0 Å². The molecule has 1 fully saturated rings. The van der Waals surface area contributed by atoms with Crippen molar-refractivity contribution in [2.24, 2.45) is 5.92 Å². The fraction of sp³-hybridized carbons (Fsp3) is 0.417. The number of hydrogen-bond donors (Lipinski definition) is 2. The normalized spacial score (nSPS) is 20.6. The zero-order valence-corrected chi connectivity index (χ0v) is 12.9. The Morgan fingerprint density at radius 2 is 2.10 bits per heavy atom. The number of carbonyl (C=O) groups is 1. The van der Waals surface area contributed by atoms with Gasteiger partial charge in [0, 0.05) is 12.5 Å². The van der Waals surface area contributed by atoms with Gasteiger partial charge in [-0.15, -0.1) is 23.2 Å². The zero-order chi connectivity index (χ0) is 15.1. The maximum atomic E-state index is 12.1. The van der Waals surface area contributed by atoms with E-state index in [0.717, 1.165) is 0 Å². The second-order valence-electron chi connectivity index (χ2n) is 4.80. The summed E-state index contributed by atoms with van der Waals surface area (Å²) in [6, 6.07) is 3.87. The van der Waals surface area contributed by atoms with Crippen LogP contribution >= 0.6 is 23.2 Å². The van der Waals surface area contributed by atoms with Crippen LogP contribution in [-0.4, -0.2) is 30.4 Å². The van der Waals surface area contributed by atoms with Crippen LogP contribution in [0, 0.1) is 12.8 Å². The number of aryl methyl sites for hydroxylation is 1. The molecule has 1 unspecified atom stereocenters. The lowest BCUT2D eigenvalue weighted by molar-refractivity contribution is 0.0696. The van der Waals surface area contributed by atoms with E-state index in [1.54, 1.807) is 6.92 Å². The van der Waals surface area contributed by atoms with Gasteiger partial charge in [0.05, 0.1) is 10.5 Å². The van der Waals surface area contributed by atoms with Gasteiger partial charge >= 0.3 is 5.97 Å². The zero-order valence-electron chi connectivity index (χ0n) is 10.6. The van der Waals surface area contributed by atoms with E-state index in [1.165, 1.54) is 18.2 Å². The smallest absolute Gasteiger partial charge is 0.335 e. The lowest BCUT2D eigenvalue weighted by Gasteiger charge is -2.08. The molecule has 20 heavy (non-hydrogen) atoms. The monoisotopic (exact) mass is 337 g/mol. The van der Waals surface area contributed by atoms with E-state index in [9.17, 15) is 13.2 Å². The molecule has 1 aliphatic carbocycles. The second-order valence-corrected chi connectivity index (χ2v) is 8.11. The summed E-state index contributed by atoms with van der Waals surface area (Å²) in [6.45, 7) is 1.71. The van der Waals surface area contributed by atoms with Gasteiger partial charge in [0.15, 0.2) is 0 Å². The van der Waals surface area contributed by atoms with Gasteiger partial charge in [0.1, 0.15) is 4.33 Å². The lowest BCUT2D eigenvalue weighted by atomic mass is 10.1. The van der Waals surface area contributed by atoms with Gasteiger partial charge in [-0.25, -0.2) is 17.9 Å². The number of hydrogen-bond acceptors (Lipinski definition) is 3. The van der Waals surface area contributed by atoms with Crippen molar-refractivity contribution in [1.82, 2.24) is 4.72 Å². The summed E-state index contributed by atoms with van der Waals surface area (Å²) < 4.78 is 25.7. The highest BCUT2D eigenvalue weighted by molar-refractivity contribution is 7.89. The van der Waals surface area contributed by atoms with Crippen LogP contribution in [-0.2, 0) is 10.0 Å². The molecule has 0 spiro atoms. The molecular formula is C12H13Cl2NO4S. The fourth-order valence-corrected chi connectivity index (χ4v) is 3.52. The van der Waals surface area contributed by atoms with Crippen molar-refractivity contribution in [3.8, 4) is 0 Å². The average Bonchev–Trinajstić information content (AvgIpc) is 2.94. The van der Waals surface area contributed by atoms with E-state index in [-0.39, 0.29) is 22.9 Å². The van der Waals surface area contributed by atoms with Gasteiger partial charge in [0.25, 0.3) is 0 Å². The standard InChI is InChI=1S/C12H13Cl2NO4S/c1-7-4-9(2-3-10(7)11(16)17)20(18,19)15-6-8-5-12(8,13)14/h2-4,8,15H,5-6H2,1H3,(H,16,17). The number of alkyl halides is 2. The molecule has 2 rings (SSSR count). The molecule has 8 heteroatoms. The van der Waals surface area contributed by atoms with E-state index in [2.05, 4.69) is 4.72 Å². The third-order valence-electron chi connectivity index (χ3n) is 3.21. The minimum Gasteiger partial charge on any atom is -0.478 e. The summed E-state index contributed by atoms with van der Waals surface area (Å²) in [5.41, 5.74) is 0.461. The molecule has 0 radical (unpaired) electrons. The molecule has 1 aromatic rings. The average molecular weight is 338 g/mol. The summed E-state index contributed by atoms with van der Waals surface area (Å²) in [7, 11) is -3.69. The molecule has 110 valence electrons. The first-order valence-corrected chi connectivity index (χ1v) is 8.09.